The van der Waals surface area contributed by atoms with Crippen molar-refractivity contribution in [3.8, 4) is 0 Å². The van der Waals surface area contributed by atoms with Crippen molar-refractivity contribution in [1.82, 2.24) is 10.2 Å². The number of rotatable bonds is 5. The number of amides is 1. The second-order valence-electron chi connectivity index (χ2n) is 6.70. The van der Waals surface area contributed by atoms with Gasteiger partial charge in [0.15, 0.2) is 0 Å². The molecule has 4 heteroatoms. The van der Waals surface area contributed by atoms with Crippen molar-refractivity contribution in [3.63, 3.8) is 0 Å². The van der Waals surface area contributed by atoms with E-state index in [-0.39, 0.29) is 5.92 Å². The molecule has 1 unspecified atom stereocenters. The van der Waals surface area contributed by atoms with E-state index in [0.29, 0.717) is 24.4 Å². The number of nitrogens with one attached hydrogen (secondary N) is 1. The summed E-state index contributed by atoms with van der Waals surface area (Å²) in [5.74, 6) is 0.894. The minimum atomic E-state index is 0.101. The predicted octanol–water partition coefficient (Wildman–Crippen LogP) is 3.47. The first-order valence-corrected chi connectivity index (χ1v) is 8.79. The van der Waals surface area contributed by atoms with Crippen LogP contribution < -0.4 is 5.32 Å². The summed E-state index contributed by atoms with van der Waals surface area (Å²) in [5.41, 5.74) is 1.06. The maximum absolute atomic E-state index is 13.0. The lowest BCUT2D eigenvalue weighted by Crippen LogP contribution is -2.51. The van der Waals surface area contributed by atoms with Crippen LogP contribution in [-0.2, 0) is 11.3 Å². The molecule has 3 nitrogen and oxygen atoms in total. The van der Waals surface area contributed by atoms with Crippen molar-refractivity contribution in [2.24, 2.45) is 11.8 Å². The molecule has 1 N–H and O–H groups in total. The Morgan fingerprint density at radius 1 is 1.32 bits per heavy atom. The Kier molecular flexibility index (Phi) is 5.04. The summed E-state index contributed by atoms with van der Waals surface area (Å²) in [6.07, 6.45) is 4.73. The summed E-state index contributed by atoms with van der Waals surface area (Å²) in [6.45, 7) is 4.67. The lowest BCUT2D eigenvalue weighted by molar-refractivity contribution is -0.140. The van der Waals surface area contributed by atoms with Crippen molar-refractivity contribution < 1.29 is 4.79 Å². The smallest absolute Gasteiger partial charge is 0.226 e. The first-order valence-electron chi connectivity index (χ1n) is 8.41. The molecule has 22 heavy (non-hydrogen) atoms. The van der Waals surface area contributed by atoms with E-state index in [1.54, 1.807) is 0 Å². The summed E-state index contributed by atoms with van der Waals surface area (Å²) in [5, 5.41) is 4.03. The molecule has 2 aliphatic rings. The second kappa shape index (κ2) is 7.01. The number of hydrogen-bond donors (Lipinski definition) is 1. The molecule has 1 atom stereocenters. The van der Waals surface area contributed by atoms with Crippen LogP contribution in [-0.4, -0.2) is 29.9 Å². The number of benzene rings is 1. The highest BCUT2D eigenvalue weighted by molar-refractivity contribution is 6.31. The molecule has 1 aliphatic carbocycles. The first kappa shape index (κ1) is 15.8. The quantitative estimate of drug-likeness (QED) is 0.901. The largest absolute Gasteiger partial charge is 0.335 e. The van der Waals surface area contributed by atoms with Gasteiger partial charge in [-0.05, 0) is 43.5 Å². The highest BCUT2D eigenvalue weighted by Gasteiger charge is 2.35. The summed E-state index contributed by atoms with van der Waals surface area (Å²) in [7, 11) is 0. The summed E-state index contributed by atoms with van der Waals surface area (Å²) in [6, 6.07) is 8.27. The molecule has 0 spiro atoms. The number of hydrogen-bond acceptors (Lipinski definition) is 2. The average Bonchev–Trinajstić information content (AvgIpc) is 2.98. The van der Waals surface area contributed by atoms with Crippen LogP contribution in [0.5, 0.6) is 0 Å². The molecule has 1 aromatic carbocycles. The van der Waals surface area contributed by atoms with E-state index < -0.39 is 0 Å². The monoisotopic (exact) mass is 320 g/mol. The molecule has 0 aromatic heterocycles. The highest BCUT2D eigenvalue weighted by atomic mass is 35.5. The van der Waals surface area contributed by atoms with Gasteiger partial charge in [-0.15, -0.1) is 0 Å². The fraction of sp³-hybridized carbons (Fsp3) is 0.611. The van der Waals surface area contributed by atoms with Gasteiger partial charge in [0, 0.05) is 23.5 Å². The third kappa shape index (κ3) is 3.31. The Balaban J connectivity index is 1.77. The molecule has 0 bridgehead atoms. The zero-order valence-electron chi connectivity index (χ0n) is 13.2. The Labute approximate surface area is 138 Å². The van der Waals surface area contributed by atoms with Crippen LogP contribution in [0.4, 0.5) is 0 Å². The Bertz CT molecular complexity index is 524. The van der Waals surface area contributed by atoms with Crippen LogP contribution in [0.3, 0.4) is 0 Å². The van der Waals surface area contributed by atoms with E-state index >= 15 is 0 Å². The van der Waals surface area contributed by atoms with Gasteiger partial charge in [-0.2, -0.15) is 0 Å². The van der Waals surface area contributed by atoms with Gasteiger partial charge in [-0.25, -0.2) is 0 Å². The number of carbonyl (C=O) groups is 1. The molecule has 1 saturated carbocycles. The second-order valence-corrected chi connectivity index (χ2v) is 7.11. The van der Waals surface area contributed by atoms with Crippen LogP contribution >= 0.6 is 11.6 Å². The van der Waals surface area contributed by atoms with Crippen LogP contribution in [0, 0.1) is 11.8 Å². The van der Waals surface area contributed by atoms with Gasteiger partial charge in [0.2, 0.25) is 5.91 Å². The molecule has 120 valence electrons. The van der Waals surface area contributed by atoms with Crippen LogP contribution in [0.15, 0.2) is 24.3 Å². The van der Waals surface area contributed by atoms with E-state index in [1.165, 1.54) is 12.8 Å². The minimum Gasteiger partial charge on any atom is -0.335 e. The summed E-state index contributed by atoms with van der Waals surface area (Å²) >= 11 is 6.31. The van der Waals surface area contributed by atoms with Crippen molar-refractivity contribution >= 4 is 17.5 Å². The minimum absolute atomic E-state index is 0.101. The third-order valence-electron chi connectivity index (χ3n) is 5.26. The van der Waals surface area contributed by atoms with Crippen molar-refractivity contribution in [2.75, 3.05) is 13.1 Å². The van der Waals surface area contributed by atoms with Gasteiger partial charge in [0.25, 0.3) is 0 Å². The lowest BCUT2D eigenvalue weighted by atomic mass is 9.87. The molecular formula is C18H25ClN2O. The predicted molar refractivity (Wildman–Crippen MR) is 89.8 cm³/mol. The SMILES string of the molecule is CC(C(=O)N(Cc1ccccc1Cl)C1CCCC1)C1CNC1. The van der Waals surface area contributed by atoms with Gasteiger partial charge in [0.05, 0.1) is 0 Å². The molecule has 0 radical (unpaired) electrons. The van der Waals surface area contributed by atoms with Crippen LogP contribution in [0.25, 0.3) is 0 Å². The Morgan fingerprint density at radius 2 is 2.00 bits per heavy atom. The first-order chi connectivity index (χ1) is 10.7. The average molecular weight is 321 g/mol. The number of carbonyl (C=O) groups excluding carboxylic acids is 1. The van der Waals surface area contributed by atoms with E-state index in [4.69, 9.17) is 11.6 Å². The normalized spacial score (nSPS) is 20.6. The Morgan fingerprint density at radius 3 is 2.59 bits per heavy atom. The zero-order chi connectivity index (χ0) is 15.5. The summed E-state index contributed by atoms with van der Waals surface area (Å²) in [4.78, 5) is 15.1. The molecule has 2 fully saturated rings. The maximum atomic E-state index is 13.0. The molecule has 1 amide bonds. The molecule has 1 aromatic rings. The molecule has 1 saturated heterocycles. The molecule has 1 aliphatic heterocycles. The summed E-state index contributed by atoms with van der Waals surface area (Å²) < 4.78 is 0. The third-order valence-corrected chi connectivity index (χ3v) is 5.63. The lowest BCUT2D eigenvalue weighted by Gasteiger charge is -2.37. The fourth-order valence-corrected chi connectivity index (χ4v) is 3.74. The van der Waals surface area contributed by atoms with Crippen LogP contribution in [0.2, 0.25) is 5.02 Å². The topological polar surface area (TPSA) is 32.3 Å². The molecule has 1 heterocycles. The molecule has 3 rings (SSSR count). The van der Waals surface area contributed by atoms with Gasteiger partial charge < -0.3 is 10.2 Å². The van der Waals surface area contributed by atoms with Gasteiger partial charge in [-0.1, -0.05) is 49.6 Å². The zero-order valence-corrected chi connectivity index (χ0v) is 14.0. The Hall–Kier alpha value is -1.06. The van der Waals surface area contributed by atoms with Crippen LogP contribution in [0.1, 0.15) is 38.2 Å². The number of nitrogens with zero attached hydrogens (tertiary/aromatic N) is 1. The van der Waals surface area contributed by atoms with Gasteiger partial charge in [-0.3, -0.25) is 4.79 Å². The van der Waals surface area contributed by atoms with E-state index in [9.17, 15) is 4.79 Å². The van der Waals surface area contributed by atoms with E-state index in [0.717, 1.165) is 36.5 Å². The number of halogens is 1. The maximum Gasteiger partial charge on any atom is 0.226 e. The van der Waals surface area contributed by atoms with Gasteiger partial charge in [0.1, 0.15) is 0 Å². The van der Waals surface area contributed by atoms with E-state index in [1.807, 2.05) is 24.3 Å². The van der Waals surface area contributed by atoms with Crippen molar-refractivity contribution in [3.05, 3.63) is 34.9 Å². The van der Waals surface area contributed by atoms with Gasteiger partial charge >= 0.3 is 0 Å². The highest BCUT2D eigenvalue weighted by Crippen LogP contribution is 2.30. The van der Waals surface area contributed by atoms with E-state index in [2.05, 4.69) is 17.1 Å². The fourth-order valence-electron chi connectivity index (χ4n) is 3.54. The van der Waals surface area contributed by atoms with Crippen molar-refractivity contribution in [1.29, 1.82) is 0 Å². The molecular weight excluding hydrogens is 296 g/mol. The standard InChI is InChI=1S/C18H25ClN2O/c1-13(15-10-20-11-15)18(22)21(16-7-3-4-8-16)12-14-6-2-5-9-17(14)19/h2,5-6,9,13,15-16,20H,3-4,7-8,10-12H2,1H3. The van der Waals surface area contributed by atoms with Crippen molar-refractivity contribution in [2.45, 2.75) is 45.2 Å².